The Morgan fingerprint density at radius 2 is 1.97 bits per heavy atom. The second-order valence-corrected chi connectivity index (χ2v) is 7.44. The summed E-state index contributed by atoms with van der Waals surface area (Å²) >= 11 is 1.31. The number of amides is 2. The molecule has 2 N–H and O–H groups in total. The Bertz CT molecular complexity index is 1130. The number of methoxy groups -OCH3 is 1. The SMILES string of the molecule is COC(=O)c1cc(/C=C/C(=O)Nc2nc(-c3ccc(CNC(C)=O)cc3)cs2)oc1C. The fourth-order valence-corrected chi connectivity index (χ4v) is 3.41. The summed E-state index contributed by atoms with van der Waals surface area (Å²) in [7, 11) is 1.29. The molecule has 0 radical (unpaired) electrons. The second kappa shape index (κ2) is 9.86. The van der Waals surface area contributed by atoms with Gasteiger partial charge in [-0.15, -0.1) is 11.3 Å². The van der Waals surface area contributed by atoms with Crippen LogP contribution in [0.5, 0.6) is 0 Å². The summed E-state index contributed by atoms with van der Waals surface area (Å²) in [6.07, 6.45) is 2.77. The number of rotatable bonds is 7. The van der Waals surface area contributed by atoms with Gasteiger partial charge in [0.15, 0.2) is 5.13 Å². The van der Waals surface area contributed by atoms with Crippen LogP contribution in [0.3, 0.4) is 0 Å². The van der Waals surface area contributed by atoms with Crippen molar-refractivity contribution in [1.82, 2.24) is 10.3 Å². The number of hydrogen-bond donors (Lipinski definition) is 2. The highest BCUT2D eigenvalue weighted by Crippen LogP contribution is 2.25. The van der Waals surface area contributed by atoms with E-state index in [2.05, 4.69) is 20.4 Å². The van der Waals surface area contributed by atoms with E-state index in [4.69, 9.17) is 4.42 Å². The van der Waals surface area contributed by atoms with Crippen LogP contribution < -0.4 is 10.6 Å². The Morgan fingerprint density at radius 3 is 2.65 bits per heavy atom. The Morgan fingerprint density at radius 1 is 1.23 bits per heavy atom. The summed E-state index contributed by atoms with van der Waals surface area (Å²) in [6, 6.07) is 9.17. The Kier molecular flexibility index (Phi) is 6.99. The van der Waals surface area contributed by atoms with E-state index in [-0.39, 0.29) is 11.8 Å². The maximum absolute atomic E-state index is 12.2. The Balaban J connectivity index is 1.60. The molecular weight excluding hydrogens is 418 g/mol. The topological polar surface area (TPSA) is 111 Å². The molecule has 2 aromatic heterocycles. The molecule has 160 valence electrons. The number of carbonyl (C=O) groups is 3. The van der Waals surface area contributed by atoms with Crippen LogP contribution in [0.25, 0.3) is 17.3 Å². The molecular formula is C22H21N3O5S. The first kappa shape index (κ1) is 22.0. The minimum Gasteiger partial charge on any atom is -0.465 e. The van der Waals surface area contributed by atoms with Crippen molar-refractivity contribution in [3.05, 3.63) is 64.4 Å². The number of nitrogens with zero attached hydrogens (tertiary/aromatic N) is 1. The van der Waals surface area contributed by atoms with Crippen molar-refractivity contribution in [1.29, 1.82) is 0 Å². The predicted octanol–water partition coefficient (Wildman–Crippen LogP) is 3.79. The maximum Gasteiger partial charge on any atom is 0.341 e. The number of hydrogen-bond acceptors (Lipinski definition) is 7. The zero-order chi connectivity index (χ0) is 22.4. The van der Waals surface area contributed by atoms with Crippen molar-refractivity contribution in [2.24, 2.45) is 0 Å². The van der Waals surface area contributed by atoms with Crippen LogP contribution >= 0.6 is 11.3 Å². The molecule has 2 amide bonds. The van der Waals surface area contributed by atoms with Gasteiger partial charge >= 0.3 is 5.97 Å². The second-order valence-electron chi connectivity index (χ2n) is 6.58. The molecule has 1 aromatic carbocycles. The quantitative estimate of drug-likeness (QED) is 0.428. The zero-order valence-corrected chi connectivity index (χ0v) is 18.0. The van der Waals surface area contributed by atoms with E-state index in [1.54, 1.807) is 6.92 Å². The van der Waals surface area contributed by atoms with Gasteiger partial charge in [0.1, 0.15) is 17.1 Å². The molecule has 0 spiro atoms. The highest BCUT2D eigenvalue weighted by atomic mass is 32.1. The lowest BCUT2D eigenvalue weighted by molar-refractivity contribution is -0.119. The highest BCUT2D eigenvalue weighted by molar-refractivity contribution is 7.14. The van der Waals surface area contributed by atoms with Crippen molar-refractivity contribution < 1.29 is 23.5 Å². The number of anilines is 1. The lowest BCUT2D eigenvalue weighted by Crippen LogP contribution is -2.18. The number of nitrogens with one attached hydrogen (secondary N) is 2. The van der Waals surface area contributed by atoms with E-state index >= 15 is 0 Å². The van der Waals surface area contributed by atoms with E-state index in [0.29, 0.717) is 28.8 Å². The fourth-order valence-electron chi connectivity index (χ4n) is 2.69. The minimum atomic E-state index is -0.496. The zero-order valence-electron chi connectivity index (χ0n) is 17.2. The monoisotopic (exact) mass is 439 g/mol. The molecule has 0 atom stereocenters. The van der Waals surface area contributed by atoms with Crippen molar-refractivity contribution >= 4 is 40.3 Å². The molecule has 0 bridgehead atoms. The summed E-state index contributed by atoms with van der Waals surface area (Å²) in [5.41, 5.74) is 2.94. The van der Waals surface area contributed by atoms with Gasteiger partial charge in [0.25, 0.3) is 0 Å². The first-order valence-corrected chi connectivity index (χ1v) is 10.2. The molecule has 0 fully saturated rings. The number of furan rings is 1. The lowest BCUT2D eigenvalue weighted by Gasteiger charge is -2.03. The van der Waals surface area contributed by atoms with E-state index in [1.807, 2.05) is 29.6 Å². The molecule has 3 aromatic rings. The first-order chi connectivity index (χ1) is 14.9. The molecule has 0 aliphatic heterocycles. The van der Waals surface area contributed by atoms with Gasteiger partial charge in [-0.2, -0.15) is 0 Å². The van der Waals surface area contributed by atoms with Gasteiger partial charge in [-0.05, 0) is 24.6 Å². The molecule has 0 aliphatic rings. The summed E-state index contributed by atoms with van der Waals surface area (Å²) in [5, 5.41) is 7.75. The lowest BCUT2D eigenvalue weighted by atomic mass is 10.1. The third kappa shape index (κ3) is 5.89. The van der Waals surface area contributed by atoms with E-state index < -0.39 is 5.97 Å². The summed E-state index contributed by atoms with van der Waals surface area (Å²) in [4.78, 5) is 39.2. The van der Waals surface area contributed by atoms with Crippen LogP contribution in [-0.4, -0.2) is 29.9 Å². The van der Waals surface area contributed by atoms with Crippen LogP contribution in [0.4, 0.5) is 5.13 Å². The van der Waals surface area contributed by atoms with E-state index in [1.165, 1.54) is 43.6 Å². The number of esters is 1. The molecule has 8 nitrogen and oxygen atoms in total. The summed E-state index contributed by atoms with van der Waals surface area (Å²) in [5.74, 6) is -0.167. The van der Waals surface area contributed by atoms with Gasteiger partial charge in [-0.25, -0.2) is 9.78 Å². The minimum absolute atomic E-state index is 0.0795. The molecule has 0 saturated carbocycles. The van der Waals surface area contributed by atoms with Crippen molar-refractivity contribution in [3.8, 4) is 11.3 Å². The third-order valence-corrected chi connectivity index (χ3v) is 5.02. The fraction of sp³-hybridized carbons (Fsp3) is 0.182. The van der Waals surface area contributed by atoms with Crippen molar-refractivity contribution in [2.45, 2.75) is 20.4 Å². The van der Waals surface area contributed by atoms with Crippen LogP contribution in [0, 0.1) is 6.92 Å². The van der Waals surface area contributed by atoms with Crippen molar-refractivity contribution in [3.63, 3.8) is 0 Å². The van der Waals surface area contributed by atoms with Crippen LogP contribution in [-0.2, 0) is 20.9 Å². The van der Waals surface area contributed by atoms with Crippen LogP contribution in [0.1, 0.15) is 34.4 Å². The van der Waals surface area contributed by atoms with Gasteiger partial charge in [-0.1, -0.05) is 24.3 Å². The standard InChI is InChI=1S/C22H21N3O5S/c1-13-18(21(28)29-3)10-17(30-13)8-9-20(27)25-22-24-19(12-31-22)16-6-4-15(5-7-16)11-23-14(2)26/h4-10,12H,11H2,1-3H3,(H,23,26)(H,24,25,27)/b9-8+. The van der Waals surface area contributed by atoms with Gasteiger partial charge in [0, 0.05) is 30.5 Å². The van der Waals surface area contributed by atoms with Gasteiger partial charge in [0.05, 0.1) is 12.8 Å². The average molecular weight is 439 g/mol. The predicted molar refractivity (Wildman–Crippen MR) is 118 cm³/mol. The van der Waals surface area contributed by atoms with E-state index in [9.17, 15) is 14.4 Å². The summed E-state index contributed by atoms with van der Waals surface area (Å²) < 4.78 is 10.1. The number of benzene rings is 1. The number of carbonyl (C=O) groups excluding carboxylic acids is 3. The molecule has 0 unspecified atom stereocenters. The highest BCUT2D eigenvalue weighted by Gasteiger charge is 2.14. The van der Waals surface area contributed by atoms with E-state index in [0.717, 1.165) is 16.8 Å². The Labute approximate surface area is 182 Å². The van der Waals surface area contributed by atoms with Gasteiger partial charge < -0.3 is 14.5 Å². The van der Waals surface area contributed by atoms with Gasteiger partial charge in [-0.3, -0.25) is 14.9 Å². The molecule has 0 aliphatic carbocycles. The van der Waals surface area contributed by atoms with Crippen LogP contribution in [0.2, 0.25) is 0 Å². The number of ether oxygens (including phenoxy) is 1. The largest absolute Gasteiger partial charge is 0.465 e. The molecule has 2 heterocycles. The smallest absolute Gasteiger partial charge is 0.341 e. The molecule has 0 saturated heterocycles. The molecule has 3 rings (SSSR count). The molecule has 9 heteroatoms. The van der Waals surface area contributed by atoms with Crippen molar-refractivity contribution in [2.75, 3.05) is 12.4 Å². The average Bonchev–Trinajstić information content (AvgIpc) is 3.37. The number of aromatic nitrogens is 1. The maximum atomic E-state index is 12.2. The third-order valence-electron chi connectivity index (χ3n) is 4.27. The Hall–Kier alpha value is -3.72. The molecule has 31 heavy (non-hydrogen) atoms. The van der Waals surface area contributed by atoms with Gasteiger partial charge in [0.2, 0.25) is 11.8 Å². The van der Waals surface area contributed by atoms with Crippen LogP contribution in [0.15, 0.2) is 46.2 Å². The summed E-state index contributed by atoms with van der Waals surface area (Å²) in [6.45, 7) is 3.59. The number of thiazole rings is 1. The first-order valence-electron chi connectivity index (χ1n) is 9.33. The number of aryl methyl sites for hydroxylation is 1. The normalized spacial score (nSPS) is 10.8.